The standard InChI is InChI=1S/C19H31N3O4S.ClH/c1-15(16-5-7-17(8-6-16)27(24,25)22(2)3)18(23)21-13-19(14-26-4)9-11-20-12-10-19;/h5-8,15,20H,9-14H2,1-4H3,(H,21,23);1H. The van der Waals surface area contributed by atoms with Crippen LogP contribution in [0.4, 0.5) is 0 Å². The maximum Gasteiger partial charge on any atom is 0.242 e. The summed E-state index contributed by atoms with van der Waals surface area (Å²) < 4.78 is 30.9. The SMILES string of the molecule is COCC1(CNC(=O)C(C)c2ccc(S(=O)(=O)N(C)C)cc2)CCNCC1.Cl. The Morgan fingerprint density at radius 1 is 1.25 bits per heavy atom. The zero-order valence-electron chi connectivity index (χ0n) is 17.0. The Labute approximate surface area is 174 Å². The van der Waals surface area contributed by atoms with Crippen molar-refractivity contribution in [3.63, 3.8) is 0 Å². The molecule has 0 aromatic heterocycles. The van der Waals surface area contributed by atoms with Gasteiger partial charge in [0.15, 0.2) is 0 Å². The lowest BCUT2D eigenvalue weighted by atomic mass is 9.79. The van der Waals surface area contributed by atoms with E-state index in [-0.39, 0.29) is 34.5 Å². The predicted molar refractivity (Wildman–Crippen MR) is 112 cm³/mol. The number of carbonyl (C=O) groups is 1. The lowest BCUT2D eigenvalue weighted by Gasteiger charge is -2.37. The van der Waals surface area contributed by atoms with Gasteiger partial charge in [-0.1, -0.05) is 12.1 Å². The summed E-state index contributed by atoms with van der Waals surface area (Å²) in [6.45, 7) is 4.89. The van der Waals surface area contributed by atoms with Crippen molar-refractivity contribution in [3.8, 4) is 0 Å². The summed E-state index contributed by atoms with van der Waals surface area (Å²) in [5.74, 6) is -0.422. The van der Waals surface area contributed by atoms with Gasteiger partial charge in [0.25, 0.3) is 0 Å². The van der Waals surface area contributed by atoms with Gasteiger partial charge < -0.3 is 15.4 Å². The Kier molecular flexibility index (Phi) is 9.36. The largest absolute Gasteiger partial charge is 0.384 e. The number of hydrogen-bond donors (Lipinski definition) is 2. The summed E-state index contributed by atoms with van der Waals surface area (Å²) >= 11 is 0. The fourth-order valence-corrected chi connectivity index (χ4v) is 4.26. The first-order valence-corrected chi connectivity index (χ1v) is 10.7. The predicted octanol–water partition coefficient (Wildman–Crippen LogP) is 1.59. The van der Waals surface area contributed by atoms with E-state index in [1.165, 1.54) is 18.4 Å². The van der Waals surface area contributed by atoms with Crippen molar-refractivity contribution in [2.24, 2.45) is 5.41 Å². The Morgan fingerprint density at radius 2 is 1.82 bits per heavy atom. The third-order valence-electron chi connectivity index (χ3n) is 5.30. The number of methoxy groups -OCH3 is 1. The fourth-order valence-electron chi connectivity index (χ4n) is 3.35. The summed E-state index contributed by atoms with van der Waals surface area (Å²) in [4.78, 5) is 12.8. The molecule has 7 nitrogen and oxygen atoms in total. The quantitative estimate of drug-likeness (QED) is 0.650. The van der Waals surface area contributed by atoms with Crippen molar-refractivity contribution in [1.82, 2.24) is 14.9 Å². The summed E-state index contributed by atoms with van der Waals surface area (Å²) in [6, 6.07) is 6.51. The Hall–Kier alpha value is -1.19. The van der Waals surface area contributed by atoms with Gasteiger partial charge in [0.1, 0.15) is 0 Å². The second-order valence-corrected chi connectivity index (χ2v) is 9.63. The molecule has 1 heterocycles. The fraction of sp³-hybridized carbons (Fsp3) is 0.632. The number of ether oxygens (including phenoxy) is 1. The molecule has 0 saturated carbocycles. The molecule has 0 bridgehead atoms. The molecule has 1 aromatic rings. The van der Waals surface area contributed by atoms with E-state index in [9.17, 15) is 13.2 Å². The number of piperidine rings is 1. The van der Waals surface area contributed by atoms with E-state index in [1.54, 1.807) is 31.4 Å². The lowest BCUT2D eigenvalue weighted by Crippen LogP contribution is -2.47. The van der Waals surface area contributed by atoms with Gasteiger partial charge in [-0.15, -0.1) is 12.4 Å². The van der Waals surface area contributed by atoms with E-state index in [0.717, 1.165) is 31.5 Å². The normalized spacial score (nSPS) is 17.6. The second-order valence-electron chi connectivity index (χ2n) is 7.48. The first kappa shape index (κ1) is 24.8. The maximum atomic E-state index is 12.6. The van der Waals surface area contributed by atoms with Gasteiger partial charge >= 0.3 is 0 Å². The van der Waals surface area contributed by atoms with Crippen LogP contribution in [-0.2, 0) is 19.6 Å². The summed E-state index contributed by atoms with van der Waals surface area (Å²) in [6.07, 6.45) is 1.93. The average molecular weight is 434 g/mol. The van der Waals surface area contributed by atoms with Crippen LogP contribution in [-0.4, -0.2) is 66.1 Å². The summed E-state index contributed by atoms with van der Waals surface area (Å²) in [5.41, 5.74) is 0.760. The highest BCUT2D eigenvalue weighted by atomic mass is 35.5. The maximum absolute atomic E-state index is 12.6. The summed E-state index contributed by atoms with van der Waals surface area (Å²) in [7, 11) is 1.22. The number of nitrogens with zero attached hydrogens (tertiary/aromatic N) is 1. The van der Waals surface area contributed by atoms with Gasteiger partial charge in [-0.2, -0.15) is 0 Å². The molecule has 2 N–H and O–H groups in total. The zero-order valence-corrected chi connectivity index (χ0v) is 18.7. The molecule has 1 unspecified atom stereocenters. The lowest BCUT2D eigenvalue weighted by molar-refractivity contribution is -0.123. The van der Waals surface area contributed by atoms with E-state index >= 15 is 0 Å². The molecular formula is C19H32ClN3O4S. The molecule has 160 valence electrons. The number of nitrogens with one attached hydrogen (secondary N) is 2. The van der Waals surface area contributed by atoms with E-state index in [2.05, 4.69) is 10.6 Å². The molecule has 1 saturated heterocycles. The third-order valence-corrected chi connectivity index (χ3v) is 7.13. The molecule has 9 heteroatoms. The molecule has 0 spiro atoms. The van der Waals surface area contributed by atoms with Crippen molar-refractivity contribution in [1.29, 1.82) is 0 Å². The smallest absolute Gasteiger partial charge is 0.242 e. The first-order chi connectivity index (χ1) is 12.7. The van der Waals surface area contributed by atoms with Gasteiger partial charge in [-0.05, 0) is 50.6 Å². The van der Waals surface area contributed by atoms with Crippen molar-refractivity contribution in [3.05, 3.63) is 29.8 Å². The number of rotatable bonds is 8. The number of benzene rings is 1. The minimum Gasteiger partial charge on any atom is -0.384 e. The van der Waals surface area contributed by atoms with E-state index in [4.69, 9.17) is 4.74 Å². The van der Waals surface area contributed by atoms with Crippen molar-refractivity contribution in [2.45, 2.75) is 30.6 Å². The molecule has 28 heavy (non-hydrogen) atoms. The van der Waals surface area contributed by atoms with Crippen LogP contribution in [0.3, 0.4) is 0 Å². The van der Waals surface area contributed by atoms with Crippen LogP contribution < -0.4 is 10.6 Å². The van der Waals surface area contributed by atoms with Gasteiger partial charge in [-0.3, -0.25) is 4.79 Å². The minimum atomic E-state index is -3.47. The number of carbonyl (C=O) groups excluding carboxylic acids is 1. The van der Waals surface area contributed by atoms with Gasteiger partial charge in [0.05, 0.1) is 17.4 Å². The Morgan fingerprint density at radius 3 is 2.32 bits per heavy atom. The minimum absolute atomic E-state index is 0. The van der Waals surface area contributed by atoms with Gasteiger partial charge in [-0.25, -0.2) is 12.7 Å². The molecular weight excluding hydrogens is 402 g/mol. The zero-order chi connectivity index (χ0) is 20.1. The van der Waals surface area contributed by atoms with E-state index in [1.807, 2.05) is 6.92 Å². The third kappa shape index (κ3) is 5.90. The summed E-state index contributed by atoms with van der Waals surface area (Å²) in [5, 5.41) is 6.40. The highest BCUT2D eigenvalue weighted by Crippen LogP contribution is 2.28. The number of amides is 1. The number of hydrogen-bond acceptors (Lipinski definition) is 5. The molecule has 0 aliphatic carbocycles. The van der Waals surface area contributed by atoms with Crippen LogP contribution in [0.5, 0.6) is 0 Å². The van der Waals surface area contributed by atoms with Crippen LogP contribution in [0.1, 0.15) is 31.2 Å². The Bertz CT molecular complexity index is 727. The number of halogens is 1. The van der Waals surface area contributed by atoms with E-state index in [0.29, 0.717) is 13.2 Å². The van der Waals surface area contributed by atoms with Gasteiger partial charge in [0, 0.05) is 33.2 Å². The van der Waals surface area contributed by atoms with Crippen LogP contribution >= 0.6 is 12.4 Å². The van der Waals surface area contributed by atoms with Crippen molar-refractivity contribution in [2.75, 3.05) is 47.4 Å². The van der Waals surface area contributed by atoms with Crippen molar-refractivity contribution >= 4 is 28.3 Å². The number of sulfonamides is 1. The molecule has 1 aliphatic rings. The van der Waals surface area contributed by atoms with Crippen molar-refractivity contribution < 1.29 is 17.9 Å². The second kappa shape index (κ2) is 10.5. The topological polar surface area (TPSA) is 87.7 Å². The molecule has 2 rings (SSSR count). The van der Waals surface area contributed by atoms with Crippen LogP contribution in [0, 0.1) is 5.41 Å². The van der Waals surface area contributed by atoms with Crippen LogP contribution in [0.2, 0.25) is 0 Å². The monoisotopic (exact) mass is 433 g/mol. The van der Waals surface area contributed by atoms with Gasteiger partial charge in [0.2, 0.25) is 15.9 Å². The first-order valence-electron chi connectivity index (χ1n) is 9.22. The molecule has 0 radical (unpaired) electrons. The Balaban J connectivity index is 0.00000392. The molecule has 1 aromatic carbocycles. The molecule has 1 atom stereocenters. The highest BCUT2D eigenvalue weighted by Gasteiger charge is 2.33. The van der Waals surface area contributed by atoms with Crippen LogP contribution in [0.25, 0.3) is 0 Å². The van der Waals surface area contributed by atoms with Crippen LogP contribution in [0.15, 0.2) is 29.2 Å². The van der Waals surface area contributed by atoms with E-state index < -0.39 is 10.0 Å². The molecule has 1 aliphatic heterocycles. The highest BCUT2D eigenvalue weighted by molar-refractivity contribution is 7.89. The molecule has 1 fully saturated rings. The molecule has 1 amide bonds. The average Bonchev–Trinajstić information content (AvgIpc) is 2.66.